The molecule has 0 amide bonds. The van der Waals surface area contributed by atoms with Gasteiger partial charge in [-0.3, -0.25) is 10.7 Å². The normalized spacial score (nSPS) is 19.8. The maximum atomic E-state index is 13.4. The summed E-state index contributed by atoms with van der Waals surface area (Å²) in [4.78, 5) is 4.20. The lowest BCUT2D eigenvalue weighted by molar-refractivity contribution is 0.234. The van der Waals surface area contributed by atoms with Gasteiger partial charge in [0.15, 0.2) is 11.5 Å². The number of rotatable bonds is 8. The highest BCUT2D eigenvalue weighted by Crippen LogP contribution is 2.31. The maximum Gasteiger partial charge on any atom is 0.274 e. The van der Waals surface area contributed by atoms with Gasteiger partial charge in [0, 0.05) is 13.1 Å². The van der Waals surface area contributed by atoms with E-state index in [1.54, 1.807) is 0 Å². The van der Waals surface area contributed by atoms with Crippen molar-refractivity contribution in [1.29, 1.82) is 0 Å². The van der Waals surface area contributed by atoms with Crippen LogP contribution in [0.2, 0.25) is 0 Å². The van der Waals surface area contributed by atoms with Crippen LogP contribution in [0.25, 0.3) is 0 Å². The van der Waals surface area contributed by atoms with Gasteiger partial charge in [0.05, 0.1) is 10.2 Å². The van der Waals surface area contributed by atoms with E-state index in [0.29, 0.717) is 18.8 Å². The zero-order valence-electron chi connectivity index (χ0n) is 15.7. The van der Waals surface area contributed by atoms with Gasteiger partial charge >= 0.3 is 0 Å². The number of hydroxylamine groups is 1. The highest BCUT2D eigenvalue weighted by molar-refractivity contribution is 9.10. The Bertz CT molecular complexity index is 1020. The summed E-state index contributed by atoms with van der Waals surface area (Å²) in [5.74, 6) is 0.309. The van der Waals surface area contributed by atoms with Crippen molar-refractivity contribution < 1.29 is 22.6 Å². The third kappa shape index (κ3) is 6.18. The molecule has 0 aliphatic heterocycles. The number of benzene rings is 1. The molecule has 2 atom stereocenters. The molecule has 0 radical (unpaired) electrons. The molecule has 1 heterocycles. The van der Waals surface area contributed by atoms with E-state index in [-0.39, 0.29) is 33.7 Å². The summed E-state index contributed by atoms with van der Waals surface area (Å²) < 4.78 is 42.7. The first kappa shape index (κ1) is 22.6. The molecule has 3 rings (SSSR count). The van der Waals surface area contributed by atoms with Crippen molar-refractivity contribution in [2.45, 2.75) is 19.3 Å². The number of anilines is 1. The van der Waals surface area contributed by atoms with E-state index in [0.717, 1.165) is 19.3 Å². The fourth-order valence-electron chi connectivity index (χ4n) is 3.30. The molecule has 0 bridgehead atoms. The quantitative estimate of drug-likeness (QED) is 0.205. The summed E-state index contributed by atoms with van der Waals surface area (Å²) >= 11 is 3.08. The van der Waals surface area contributed by atoms with Crippen molar-refractivity contribution in [3.8, 4) is 0 Å². The Morgan fingerprint density at radius 3 is 2.73 bits per heavy atom. The van der Waals surface area contributed by atoms with Crippen LogP contribution in [-0.4, -0.2) is 42.9 Å². The minimum Gasteiger partial charge on any atom is -0.365 e. The van der Waals surface area contributed by atoms with E-state index in [4.69, 9.17) is 9.77 Å². The molecule has 30 heavy (non-hydrogen) atoms. The molecular formula is C16H21BrFN7O4S. The maximum absolute atomic E-state index is 13.4. The Labute approximate surface area is 180 Å². The third-order valence-electron chi connectivity index (χ3n) is 4.74. The molecule has 1 fully saturated rings. The number of amidine groups is 1. The van der Waals surface area contributed by atoms with E-state index in [9.17, 15) is 18.0 Å². The molecule has 2 unspecified atom stereocenters. The van der Waals surface area contributed by atoms with Gasteiger partial charge in [-0.2, -0.15) is 8.42 Å². The molecule has 6 N–H and O–H groups in total. The van der Waals surface area contributed by atoms with Crippen LogP contribution in [0.15, 0.2) is 32.3 Å². The first-order chi connectivity index (χ1) is 14.2. The number of nitrogens with two attached hydrogens (primary N) is 1. The van der Waals surface area contributed by atoms with Crippen LogP contribution in [0.1, 0.15) is 25.0 Å². The predicted octanol–water partition coefficient (Wildman–Crippen LogP) is 1.65. The minimum atomic E-state index is -3.69. The fourth-order valence-corrected chi connectivity index (χ4v) is 4.13. The molecule has 1 aromatic carbocycles. The number of aromatic nitrogens is 2. The summed E-state index contributed by atoms with van der Waals surface area (Å²) in [5.41, 5.74) is 2.48. The summed E-state index contributed by atoms with van der Waals surface area (Å²) in [6.07, 6.45) is 2.61. The van der Waals surface area contributed by atoms with E-state index in [2.05, 4.69) is 41.3 Å². The average Bonchev–Trinajstić information content (AvgIpc) is 3.34. The molecule has 1 aliphatic rings. The van der Waals surface area contributed by atoms with Crippen LogP contribution in [0.3, 0.4) is 0 Å². The lowest BCUT2D eigenvalue weighted by Crippen LogP contribution is -2.34. The van der Waals surface area contributed by atoms with Crippen molar-refractivity contribution >= 4 is 43.5 Å². The SMILES string of the molecule is NS(=O)(=O)NCC1CCC(CNc2nonc2C(=Nc2ccc(F)c(Br)c2)NO)C1. The van der Waals surface area contributed by atoms with Crippen molar-refractivity contribution in [3.63, 3.8) is 0 Å². The molecule has 11 nitrogen and oxygen atoms in total. The van der Waals surface area contributed by atoms with Gasteiger partial charge in [-0.1, -0.05) is 0 Å². The van der Waals surface area contributed by atoms with Gasteiger partial charge in [0.2, 0.25) is 5.82 Å². The van der Waals surface area contributed by atoms with E-state index >= 15 is 0 Å². The molecule has 0 saturated heterocycles. The van der Waals surface area contributed by atoms with Gasteiger partial charge in [-0.15, -0.1) is 0 Å². The number of hydrogen-bond acceptors (Lipinski definition) is 8. The smallest absolute Gasteiger partial charge is 0.274 e. The molecule has 14 heteroatoms. The number of halogens is 2. The van der Waals surface area contributed by atoms with Gasteiger partial charge in [0.25, 0.3) is 10.2 Å². The summed E-state index contributed by atoms with van der Waals surface area (Å²) in [6.45, 7) is 0.860. The highest BCUT2D eigenvalue weighted by atomic mass is 79.9. The monoisotopic (exact) mass is 505 g/mol. The Morgan fingerprint density at radius 1 is 1.33 bits per heavy atom. The van der Waals surface area contributed by atoms with Crippen molar-refractivity contribution in [2.24, 2.45) is 22.0 Å². The van der Waals surface area contributed by atoms with Crippen molar-refractivity contribution in [1.82, 2.24) is 20.5 Å². The Balaban J connectivity index is 1.62. The van der Waals surface area contributed by atoms with Crippen LogP contribution < -0.4 is 20.7 Å². The zero-order chi connectivity index (χ0) is 21.7. The fraction of sp³-hybridized carbons (Fsp3) is 0.438. The highest BCUT2D eigenvalue weighted by Gasteiger charge is 2.26. The lowest BCUT2D eigenvalue weighted by atomic mass is 10.1. The van der Waals surface area contributed by atoms with Crippen LogP contribution in [0.4, 0.5) is 15.9 Å². The number of hydrogen-bond donors (Lipinski definition) is 5. The summed E-state index contributed by atoms with van der Waals surface area (Å²) in [6, 6.07) is 4.12. The third-order valence-corrected chi connectivity index (χ3v) is 5.92. The number of nitrogens with zero attached hydrogens (tertiary/aromatic N) is 3. The van der Waals surface area contributed by atoms with Crippen LogP contribution in [0.5, 0.6) is 0 Å². The molecular weight excluding hydrogens is 485 g/mol. The van der Waals surface area contributed by atoms with E-state index in [1.807, 2.05) is 5.48 Å². The Hall–Kier alpha value is -2.13. The summed E-state index contributed by atoms with van der Waals surface area (Å²) in [5, 5.41) is 25.1. The van der Waals surface area contributed by atoms with Gasteiger partial charge in [0.1, 0.15) is 5.82 Å². The molecule has 1 saturated carbocycles. The Morgan fingerprint density at radius 2 is 2.07 bits per heavy atom. The molecule has 1 aromatic heterocycles. The number of aliphatic imine (C=N–C) groups is 1. The van der Waals surface area contributed by atoms with Crippen LogP contribution in [0, 0.1) is 17.7 Å². The molecule has 1 aliphatic carbocycles. The van der Waals surface area contributed by atoms with Crippen LogP contribution in [-0.2, 0) is 10.2 Å². The lowest BCUT2D eigenvalue weighted by Gasteiger charge is -2.12. The topological polar surface area (TPSA) is 168 Å². The predicted molar refractivity (Wildman–Crippen MR) is 110 cm³/mol. The first-order valence-corrected chi connectivity index (χ1v) is 11.4. The Kier molecular flexibility index (Phi) is 7.36. The molecule has 0 spiro atoms. The van der Waals surface area contributed by atoms with E-state index < -0.39 is 16.0 Å². The minimum absolute atomic E-state index is 0.0288. The largest absolute Gasteiger partial charge is 0.365 e. The number of nitrogens with one attached hydrogen (secondary N) is 3. The van der Waals surface area contributed by atoms with Crippen LogP contribution >= 0.6 is 15.9 Å². The average molecular weight is 506 g/mol. The first-order valence-electron chi connectivity index (χ1n) is 9.03. The second-order valence-corrected chi connectivity index (χ2v) is 9.18. The second kappa shape index (κ2) is 9.78. The van der Waals surface area contributed by atoms with Crippen molar-refractivity contribution in [2.75, 3.05) is 18.4 Å². The molecule has 2 aromatic rings. The van der Waals surface area contributed by atoms with Gasteiger partial charge < -0.3 is 5.32 Å². The van der Waals surface area contributed by atoms with Gasteiger partial charge in [-0.25, -0.2) is 23.9 Å². The summed E-state index contributed by atoms with van der Waals surface area (Å²) in [7, 11) is -3.69. The van der Waals surface area contributed by atoms with E-state index in [1.165, 1.54) is 18.2 Å². The second-order valence-electron chi connectivity index (χ2n) is 6.95. The van der Waals surface area contributed by atoms with Crippen molar-refractivity contribution in [3.05, 3.63) is 34.2 Å². The standard InChI is InChI=1S/C16H21BrFN7O4S/c17-12-6-11(3-4-13(12)18)22-16(23-26)14-15(25-29-24-14)20-7-9-1-2-10(5-9)8-21-30(19,27)28/h3-4,6,9-10,21,26H,1-2,5,7-8H2,(H,20,25)(H,22,23)(H2,19,27,28). The zero-order valence-corrected chi connectivity index (χ0v) is 18.1. The molecule has 164 valence electrons. The van der Waals surface area contributed by atoms with Gasteiger partial charge in [-0.05, 0) is 75.5 Å².